The van der Waals surface area contributed by atoms with Crippen LogP contribution in [0.25, 0.3) is 21.5 Å². The van der Waals surface area contributed by atoms with Crippen LogP contribution in [-0.2, 0) is 56.9 Å². The van der Waals surface area contributed by atoms with Gasteiger partial charge in [-0.15, -0.1) is 0 Å². The molecule has 0 saturated carbocycles. The van der Waals surface area contributed by atoms with Crippen LogP contribution in [0, 0.1) is 13.8 Å². The Morgan fingerprint density at radius 3 is 0.796 bits per heavy atom. The van der Waals surface area contributed by atoms with Crippen molar-refractivity contribution < 1.29 is 0 Å². The molecule has 6 aromatic rings. The van der Waals surface area contributed by atoms with Gasteiger partial charge in [-0.1, -0.05) is 139 Å². The lowest BCUT2D eigenvalue weighted by Gasteiger charge is -2.23. The molecule has 8 aliphatic rings. The molecule has 0 aromatic heterocycles. The molecule has 0 spiro atoms. The molecule has 0 amide bonds. The normalized spacial score (nSPS) is 15.3. The standard InChI is InChI=1S/C50H56S4/c1-33-43-21-47(49(3,4)5)22-44(33)30-52-26-36-10-14-42-20-38(12-16-40(42)18-36)28-54-32-46-24-48(50(6,7)8)23-45(34(46)2)31-53-27-37-11-15-39-17-35(25-51-29-43)9-13-41(39)19-37/h9-24H,25-32H2,1-8H3. The van der Waals surface area contributed by atoms with Crippen molar-refractivity contribution in [2.75, 3.05) is 0 Å². The molecular formula is C50H56S4. The van der Waals surface area contributed by atoms with Crippen molar-refractivity contribution in [1.29, 1.82) is 0 Å². The molecule has 280 valence electrons. The third-order valence-electron chi connectivity index (χ3n) is 11.0. The highest BCUT2D eigenvalue weighted by Gasteiger charge is 2.19. The van der Waals surface area contributed by atoms with Gasteiger partial charge in [-0.05, 0) is 113 Å². The van der Waals surface area contributed by atoms with Gasteiger partial charge in [0.2, 0.25) is 0 Å². The molecule has 0 fully saturated rings. The summed E-state index contributed by atoms with van der Waals surface area (Å²) in [5.41, 5.74) is 17.6. The minimum atomic E-state index is 0.119. The molecule has 4 heteroatoms. The van der Waals surface area contributed by atoms with E-state index in [0.29, 0.717) is 0 Å². The number of hydrogen-bond donors (Lipinski definition) is 0. The van der Waals surface area contributed by atoms with Crippen LogP contribution in [0.2, 0.25) is 0 Å². The number of benzene rings is 6. The van der Waals surface area contributed by atoms with Crippen molar-refractivity contribution >= 4 is 68.6 Å². The van der Waals surface area contributed by atoms with Crippen LogP contribution in [0.15, 0.2) is 97.1 Å². The first-order chi connectivity index (χ1) is 25.8. The summed E-state index contributed by atoms with van der Waals surface area (Å²) in [6.07, 6.45) is 0. The van der Waals surface area contributed by atoms with Gasteiger partial charge in [-0.25, -0.2) is 0 Å². The van der Waals surface area contributed by atoms with E-state index in [0.717, 1.165) is 46.0 Å². The second kappa shape index (κ2) is 16.8. The maximum Gasteiger partial charge on any atom is 0.0190 e. The monoisotopic (exact) mass is 784 g/mol. The van der Waals surface area contributed by atoms with Crippen LogP contribution in [0.1, 0.15) is 108 Å². The highest BCUT2D eigenvalue weighted by Crippen LogP contribution is 2.35. The van der Waals surface area contributed by atoms with E-state index < -0.39 is 0 Å². The molecular weight excluding hydrogens is 729 g/mol. The third kappa shape index (κ3) is 9.60. The van der Waals surface area contributed by atoms with Crippen molar-refractivity contribution in [2.45, 2.75) is 112 Å². The van der Waals surface area contributed by atoms with E-state index in [1.165, 1.54) is 88.3 Å². The van der Waals surface area contributed by atoms with Crippen LogP contribution in [0.3, 0.4) is 0 Å². The fraction of sp³-hybridized carbons (Fsp3) is 0.360. The van der Waals surface area contributed by atoms with Crippen LogP contribution < -0.4 is 0 Å². The SMILES string of the molecule is Cc1c2cc(C(C)(C)C)cc1CSCc1ccc3cc(ccc3c1)CSCc1cc(C(C)(C)C)cc(c1C)CSCc1ccc3cc(ccc3c1)CSC2. The summed E-state index contributed by atoms with van der Waals surface area (Å²) in [6, 6.07) is 38.3. The lowest BCUT2D eigenvalue weighted by Crippen LogP contribution is -2.13. The van der Waals surface area contributed by atoms with E-state index >= 15 is 0 Å². The Morgan fingerprint density at radius 2 is 0.574 bits per heavy atom. The maximum absolute atomic E-state index is 2.48. The number of hydrogen-bond acceptors (Lipinski definition) is 4. The molecule has 0 atom stereocenters. The summed E-state index contributed by atoms with van der Waals surface area (Å²) in [6.45, 7) is 18.8. The molecule has 8 heterocycles. The Labute approximate surface area is 342 Å². The van der Waals surface area contributed by atoms with Crippen molar-refractivity contribution in [1.82, 2.24) is 0 Å². The van der Waals surface area contributed by atoms with Gasteiger partial charge in [0.1, 0.15) is 0 Å². The zero-order valence-electron chi connectivity index (χ0n) is 33.5. The highest BCUT2D eigenvalue weighted by atomic mass is 32.2. The van der Waals surface area contributed by atoms with Gasteiger partial charge < -0.3 is 0 Å². The molecule has 8 aliphatic heterocycles. The summed E-state index contributed by atoms with van der Waals surface area (Å²) in [5.74, 6) is 8.22. The summed E-state index contributed by atoms with van der Waals surface area (Å²) in [4.78, 5) is 0. The molecule has 54 heavy (non-hydrogen) atoms. The summed E-state index contributed by atoms with van der Waals surface area (Å²) < 4.78 is 0. The van der Waals surface area contributed by atoms with Gasteiger partial charge in [-0.2, -0.15) is 47.0 Å². The molecule has 0 N–H and O–H groups in total. The van der Waals surface area contributed by atoms with Gasteiger partial charge >= 0.3 is 0 Å². The van der Waals surface area contributed by atoms with E-state index in [4.69, 9.17) is 0 Å². The molecule has 0 radical (unpaired) electrons. The lowest BCUT2D eigenvalue weighted by atomic mass is 9.84. The predicted octanol–water partition coefficient (Wildman–Crippen LogP) is 15.3. The van der Waals surface area contributed by atoms with E-state index in [2.05, 4.69) is 152 Å². The molecule has 0 saturated heterocycles. The van der Waals surface area contributed by atoms with Crippen molar-refractivity contribution in [3.05, 3.63) is 164 Å². The Bertz CT molecular complexity index is 1980. The highest BCUT2D eigenvalue weighted by molar-refractivity contribution is 7.98. The quantitative estimate of drug-likeness (QED) is 0.150. The summed E-state index contributed by atoms with van der Waals surface area (Å²) in [7, 11) is 0. The van der Waals surface area contributed by atoms with Gasteiger partial charge in [0.05, 0.1) is 0 Å². The summed E-state index contributed by atoms with van der Waals surface area (Å²) in [5, 5.41) is 5.38. The Balaban J connectivity index is 1.18. The van der Waals surface area contributed by atoms with Crippen molar-refractivity contribution in [2.24, 2.45) is 0 Å². The lowest BCUT2D eigenvalue weighted by molar-refractivity contribution is 0.588. The topological polar surface area (TPSA) is 0 Å². The largest absolute Gasteiger partial charge is 0.152 e. The van der Waals surface area contributed by atoms with Gasteiger partial charge in [0.15, 0.2) is 0 Å². The molecule has 0 nitrogen and oxygen atoms in total. The average molecular weight is 785 g/mol. The van der Waals surface area contributed by atoms with Gasteiger partial charge in [0.25, 0.3) is 0 Å². The Hall–Kier alpha value is -2.76. The van der Waals surface area contributed by atoms with E-state index in [1.54, 1.807) is 0 Å². The second-order valence-corrected chi connectivity index (χ2v) is 21.3. The predicted molar refractivity (Wildman–Crippen MR) is 248 cm³/mol. The first-order valence-corrected chi connectivity index (χ1v) is 24.0. The average Bonchev–Trinajstić information content (AvgIpc) is 3.13. The Kier molecular flexibility index (Phi) is 12.3. The van der Waals surface area contributed by atoms with Gasteiger partial charge in [-0.3, -0.25) is 0 Å². The molecule has 6 aromatic carbocycles. The number of thioether (sulfide) groups is 4. The minimum absolute atomic E-state index is 0.119. The Morgan fingerprint density at radius 1 is 0.333 bits per heavy atom. The first kappa shape index (κ1) is 39.5. The smallest absolute Gasteiger partial charge is 0.0190 e. The number of rotatable bonds is 0. The second-order valence-electron chi connectivity index (χ2n) is 17.3. The summed E-state index contributed by atoms with van der Waals surface area (Å²) >= 11 is 8.18. The zero-order chi connectivity index (χ0) is 38.0. The molecule has 12 bridgehead atoms. The van der Waals surface area contributed by atoms with Crippen molar-refractivity contribution in [3.8, 4) is 0 Å². The van der Waals surface area contributed by atoms with Crippen molar-refractivity contribution in [3.63, 3.8) is 0 Å². The molecule has 14 rings (SSSR count). The first-order valence-electron chi connectivity index (χ1n) is 19.4. The molecule has 0 aliphatic carbocycles. The van der Waals surface area contributed by atoms with Crippen LogP contribution >= 0.6 is 47.0 Å². The van der Waals surface area contributed by atoms with E-state index in [-0.39, 0.29) is 10.8 Å². The molecule has 0 unspecified atom stereocenters. The fourth-order valence-corrected chi connectivity index (χ4v) is 11.5. The maximum atomic E-state index is 2.48. The minimum Gasteiger partial charge on any atom is -0.152 e. The van der Waals surface area contributed by atoms with Gasteiger partial charge in [0, 0.05) is 46.0 Å². The fourth-order valence-electron chi connectivity index (χ4n) is 7.31. The van der Waals surface area contributed by atoms with Crippen LogP contribution in [-0.4, -0.2) is 0 Å². The zero-order valence-corrected chi connectivity index (χ0v) is 36.8. The van der Waals surface area contributed by atoms with E-state index in [9.17, 15) is 0 Å². The third-order valence-corrected chi connectivity index (χ3v) is 15.2. The van der Waals surface area contributed by atoms with E-state index in [1.807, 2.05) is 47.0 Å². The van der Waals surface area contributed by atoms with Crippen LogP contribution in [0.4, 0.5) is 0 Å². The van der Waals surface area contributed by atoms with Crippen LogP contribution in [0.5, 0.6) is 0 Å².